The molecular weight excluding hydrogens is 242 g/mol. The SMILES string of the molecule is Cc1ccc(C)c(OCC(=O)N2CCCC(O)C2)c1. The van der Waals surface area contributed by atoms with Crippen LogP contribution in [0.25, 0.3) is 0 Å². The van der Waals surface area contributed by atoms with Gasteiger partial charge < -0.3 is 14.7 Å². The number of hydrogen-bond acceptors (Lipinski definition) is 3. The van der Waals surface area contributed by atoms with Gasteiger partial charge in [-0.05, 0) is 43.9 Å². The highest BCUT2D eigenvalue weighted by Gasteiger charge is 2.22. The maximum absolute atomic E-state index is 12.0. The Kier molecular flexibility index (Phi) is 4.43. The van der Waals surface area contributed by atoms with E-state index in [4.69, 9.17) is 4.74 Å². The highest BCUT2D eigenvalue weighted by molar-refractivity contribution is 5.78. The van der Waals surface area contributed by atoms with Crippen molar-refractivity contribution >= 4 is 5.91 Å². The number of carbonyl (C=O) groups excluding carboxylic acids is 1. The fourth-order valence-electron chi connectivity index (χ4n) is 2.27. The van der Waals surface area contributed by atoms with E-state index in [0.717, 1.165) is 29.7 Å². The predicted octanol–water partition coefficient (Wildman–Crippen LogP) is 1.67. The number of benzene rings is 1. The molecule has 1 aliphatic heterocycles. The minimum atomic E-state index is -0.390. The normalized spacial score (nSPS) is 19.3. The van der Waals surface area contributed by atoms with E-state index in [-0.39, 0.29) is 12.5 Å². The Labute approximate surface area is 114 Å². The summed E-state index contributed by atoms with van der Waals surface area (Å²) in [6.45, 7) is 5.14. The Balaban J connectivity index is 1.91. The molecule has 0 spiro atoms. The lowest BCUT2D eigenvalue weighted by molar-refractivity contribution is -0.136. The molecule has 0 aromatic heterocycles. The first-order chi connectivity index (χ1) is 9.06. The van der Waals surface area contributed by atoms with E-state index in [2.05, 4.69) is 0 Å². The fourth-order valence-corrected chi connectivity index (χ4v) is 2.27. The van der Waals surface area contributed by atoms with E-state index in [1.54, 1.807) is 4.90 Å². The number of ether oxygens (including phenoxy) is 1. The standard InChI is InChI=1S/C15H21NO3/c1-11-5-6-12(2)14(8-11)19-10-15(18)16-7-3-4-13(17)9-16/h5-6,8,13,17H,3-4,7,9-10H2,1-2H3. The van der Waals surface area contributed by atoms with Crippen molar-refractivity contribution in [1.82, 2.24) is 4.90 Å². The van der Waals surface area contributed by atoms with Crippen LogP contribution in [0.5, 0.6) is 5.75 Å². The molecule has 0 aliphatic carbocycles. The summed E-state index contributed by atoms with van der Waals surface area (Å²) < 4.78 is 5.60. The summed E-state index contributed by atoms with van der Waals surface area (Å²) in [5, 5.41) is 9.56. The summed E-state index contributed by atoms with van der Waals surface area (Å²) in [5.74, 6) is 0.700. The van der Waals surface area contributed by atoms with Crippen LogP contribution in [0.4, 0.5) is 0 Å². The first-order valence-corrected chi connectivity index (χ1v) is 6.72. The second-order valence-corrected chi connectivity index (χ2v) is 5.19. The zero-order chi connectivity index (χ0) is 13.8. The zero-order valence-corrected chi connectivity index (χ0v) is 11.6. The van der Waals surface area contributed by atoms with Crippen LogP contribution in [0.1, 0.15) is 24.0 Å². The van der Waals surface area contributed by atoms with E-state index in [1.165, 1.54) is 0 Å². The fraction of sp³-hybridized carbons (Fsp3) is 0.533. The summed E-state index contributed by atoms with van der Waals surface area (Å²) >= 11 is 0. The van der Waals surface area contributed by atoms with E-state index in [1.807, 2.05) is 32.0 Å². The summed E-state index contributed by atoms with van der Waals surface area (Å²) in [6.07, 6.45) is 1.25. The maximum Gasteiger partial charge on any atom is 0.260 e. The third kappa shape index (κ3) is 3.70. The quantitative estimate of drug-likeness (QED) is 0.902. The van der Waals surface area contributed by atoms with Gasteiger partial charge in [0.05, 0.1) is 6.10 Å². The summed E-state index contributed by atoms with van der Waals surface area (Å²) in [6, 6.07) is 5.94. The third-order valence-corrected chi connectivity index (χ3v) is 3.44. The molecule has 4 nitrogen and oxygen atoms in total. The minimum Gasteiger partial charge on any atom is -0.483 e. The van der Waals surface area contributed by atoms with E-state index in [0.29, 0.717) is 13.1 Å². The lowest BCUT2D eigenvalue weighted by atomic mass is 10.1. The number of β-amino-alcohol motifs (C(OH)–C–C–N with tert-alkyl or cyclic N) is 1. The van der Waals surface area contributed by atoms with Crippen molar-refractivity contribution in [3.05, 3.63) is 29.3 Å². The van der Waals surface area contributed by atoms with Crippen molar-refractivity contribution in [2.45, 2.75) is 32.8 Å². The topological polar surface area (TPSA) is 49.8 Å². The van der Waals surface area contributed by atoms with Crippen LogP contribution in [0.15, 0.2) is 18.2 Å². The lowest BCUT2D eigenvalue weighted by Crippen LogP contribution is -2.44. The Morgan fingerprint density at radius 3 is 3.00 bits per heavy atom. The molecule has 19 heavy (non-hydrogen) atoms. The minimum absolute atomic E-state index is 0.0387. The van der Waals surface area contributed by atoms with E-state index < -0.39 is 6.10 Å². The number of amides is 1. The van der Waals surface area contributed by atoms with Gasteiger partial charge in [-0.15, -0.1) is 0 Å². The Bertz CT molecular complexity index is 459. The number of rotatable bonds is 3. The zero-order valence-electron chi connectivity index (χ0n) is 11.6. The van der Waals surface area contributed by atoms with Gasteiger partial charge >= 0.3 is 0 Å². The molecule has 0 radical (unpaired) electrons. The van der Waals surface area contributed by atoms with Gasteiger partial charge in [-0.25, -0.2) is 0 Å². The van der Waals surface area contributed by atoms with Crippen molar-refractivity contribution < 1.29 is 14.6 Å². The van der Waals surface area contributed by atoms with Crippen molar-refractivity contribution in [3.8, 4) is 5.75 Å². The molecule has 2 rings (SSSR count). The summed E-state index contributed by atoms with van der Waals surface area (Å²) in [7, 11) is 0. The molecule has 104 valence electrons. The molecule has 1 aliphatic rings. The second-order valence-electron chi connectivity index (χ2n) is 5.19. The lowest BCUT2D eigenvalue weighted by Gasteiger charge is -2.30. The molecule has 1 atom stereocenters. The van der Waals surface area contributed by atoms with Crippen LogP contribution in [-0.2, 0) is 4.79 Å². The Morgan fingerprint density at radius 2 is 2.26 bits per heavy atom. The van der Waals surface area contributed by atoms with Crippen LogP contribution in [0.3, 0.4) is 0 Å². The van der Waals surface area contributed by atoms with Gasteiger partial charge in [0, 0.05) is 13.1 Å². The average Bonchev–Trinajstić information content (AvgIpc) is 2.39. The van der Waals surface area contributed by atoms with Crippen LogP contribution in [0.2, 0.25) is 0 Å². The van der Waals surface area contributed by atoms with Crippen LogP contribution in [0, 0.1) is 13.8 Å². The van der Waals surface area contributed by atoms with Gasteiger partial charge in [-0.1, -0.05) is 12.1 Å². The largest absolute Gasteiger partial charge is 0.483 e. The molecule has 1 N–H and O–H groups in total. The van der Waals surface area contributed by atoms with Gasteiger partial charge in [0.1, 0.15) is 5.75 Å². The molecule has 0 saturated carbocycles. The molecule has 1 unspecified atom stereocenters. The maximum atomic E-state index is 12.0. The molecule has 1 aromatic rings. The van der Waals surface area contributed by atoms with Crippen molar-refractivity contribution in [1.29, 1.82) is 0 Å². The third-order valence-electron chi connectivity index (χ3n) is 3.44. The van der Waals surface area contributed by atoms with Crippen molar-refractivity contribution in [2.24, 2.45) is 0 Å². The van der Waals surface area contributed by atoms with Gasteiger partial charge in [0.15, 0.2) is 6.61 Å². The van der Waals surface area contributed by atoms with Gasteiger partial charge in [0.25, 0.3) is 5.91 Å². The van der Waals surface area contributed by atoms with Crippen LogP contribution >= 0.6 is 0 Å². The van der Waals surface area contributed by atoms with Gasteiger partial charge in [-0.2, -0.15) is 0 Å². The first-order valence-electron chi connectivity index (χ1n) is 6.72. The van der Waals surface area contributed by atoms with Crippen LogP contribution < -0.4 is 4.74 Å². The molecule has 1 saturated heterocycles. The molecule has 0 bridgehead atoms. The Morgan fingerprint density at radius 1 is 1.47 bits per heavy atom. The second kappa shape index (κ2) is 6.06. The van der Waals surface area contributed by atoms with Gasteiger partial charge in [0.2, 0.25) is 0 Å². The number of carbonyl (C=O) groups is 1. The molecular formula is C15H21NO3. The molecule has 1 fully saturated rings. The van der Waals surface area contributed by atoms with E-state index in [9.17, 15) is 9.90 Å². The summed E-state index contributed by atoms with van der Waals surface area (Å²) in [4.78, 5) is 13.7. The first kappa shape index (κ1) is 13.9. The number of aliphatic hydroxyl groups excluding tert-OH is 1. The predicted molar refractivity (Wildman–Crippen MR) is 73.2 cm³/mol. The average molecular weight is 263 g/mol. The Hall–Kier alpha value is -1.55. The van der Waals surface area contributed by atoms with Crippen LogP contribution in [-0.4, -0.2) is 41.7 Å². The number of aliphatic hydroxyl groups is 1. The smallest absolute Gasteiger partial charge is 0.260 e. The molecule has 1 amide bonds. The highest BCUT2D eigenvalue weighted by Crippen LogP contribution is 2.19. The van der Waals surface area contributed by atoms with Crippen molar-refractivity contribution in [3.63, 3.8) is 0 Å². The van der Waals surface area contributed by atoms with Gasteiger partial charge in [-0.3, -0.25) is 4.79 Å². The molecule has 1 aromatic carbocycles. The number of piperidine rings is 1. The highest BCUT2D eigenvalue weighted by atomic mass is 16.5. The number of aryl methyl sites for hydroxylation is 2. The number of nitrogens with zero attached hydrogens (tertiary/aromatic N) is 1. The number of likely N-dealkylation sites (tertiary alicyclic amines) is 1. The molecule has 1 heterocycles. The van der Waals surface area contributed by atoms with E-state index >= 15 is 0 Å². The summed E-state index contributed by atoms with van der Waals surface area (Å²) in [5.41, 5.74) is 2.14. The number of hydrogen-bond donors (Lipinski definition) is 1. The van der Waals surface area contributed by atoms with Crippen molar-refractivity contribution in [2.75, 3.05) is 19.7 Å². The molecule has 4 heteroatoms. The monoisotopic (exact) mass is 263 g/mol.